The third-order valence-electron chi connectivity index (χ3n) is 6.35. The lowest BCUT2D eigenvalue weighted by atomic mass is 9.95. The van der Waals surface area contributed by atoms with Crippen LogP contribution < -0.4 is 0 Å². The molecular formula is C31H22N4S. The summed E-state index contributed by atoms with van der Waals surface area (Å²) in [6.45, 7) is 4.13. The fourth-order valence-electron chi connectivity index (χ4n) is 4.51. The van der Waals surface area contributed by atoms with Crippen LogP contribution in [0.15, 0.2) is 96.4 Å². The first-order chi connectivity index (χ1) is 17.6. The molecule has 0 amide bonds. The fourth-order valence-corrected chi connectivity index (χ4v) is 5.29. The summed E-state index contributed by atoms with van der Waals surface area (Å²) in [6, 6.07) is 33.2. The SMILES string of the molecule is Cc1ccc(-c2nc3c(c(-c4ccc(C)cc4)nn3-c3ccccc3)c(-c3cccs3)c2C#N)cc1. The van der Waals surface area contributed by atoms with Gasteiger partial charge in [-0.1, -0.05) is 83.9 Å². The van der Waals surface area contributed by atoms with Gasteiger partial charge in [0.1, 0.15) is 11.8 Å². The van der Waals surface area contributed by atoms with Gasteiger partial charge < -0.3 is 0 Å². The van der Waals surface area contributed by atoms with E-state index in [4.69, 9.17) is 10.1 Å². The van der Waals surface area contributed by atoms with Crippen molar-refractivity contribution in [1.29, 1.82) is 5.26 Å². The van der Waals surface area contributed by atoms with Crippen LogP contribution in [0.2, 0.25) is 0 Å². The lowest BCUT2D eigenvalue weighted by Gasteiger charge is -2.12. The van der Waals surface area contributed by atoms with Crippen molar-refractivity contribution < 1.29 is 0 Å². The number of pyridine rings is 1. The quantitative estimate of drug-likeness (QED) is 0.256. The number of hydrogen-bond acceptors (Lipinski definition) is 4. The average molecular weight is 483 g/mol. The number of aromatic nitrogens is 3. The molecule has 6 aromatic rings. The predicted molar refractivity (Wildman–Crippen MR) is 147 cm³/mol. The zero-order chi connectivity index (χ0) is 24.6. The van der Waals surface area contributed by atoms with Crippen LogP contribution in [-0.4, -0.2) is 14.8 Å². The molecular weight excluding hydrogens is 460 g/mol. The van der Waals surface area contributed by atoms with Crippen LogP contribution in [0.5, 0.6) is 0 Å². The maximum absolute atomic E-state index is 10.5. The summed E-state index contributed by atoms with van der Waals surface area (Å²) in [5.74, 6) is 0. The third-order valence-corrected chi connectivity index (χ3v) is 7.23. The molecule has 3 aromatic heterocycles. The number of thiophene rings is 1. The lowest BCUT2D eigenvalue weighted by Crippen LogP contribution is -2.00. The summed E-state index contributed by atoms with van der Waals surface area (Å²) in [5, 5.41) is 18.5. The van der Waals surface area contributed by atoms with Crippen LogP contribution in [0.1, 0.15) is 16.7 Å². The molecule has 0 atom stereocenters. The first-order valence-electron chi connectivity index (χ1n) is 11.7. The average Bonchev–Trinajstić information content (AvgIpc) is 3.58. The number of nitriles is 1. The number of aryl methyl sites for hydroxylation is 2. The van der Waals surface area contributed by atoms with E-state index >= 15 is 0 Å². The second kappa shape index (κ2) is 8.92. The summed E-state index contributed by atoms with van der Waals surface area (Å²) in [7, 11) is 0. The van der Waals surface area contributed by atoms with Gasteiger partial charge in [-0.2, -0.15) is 10.4 Å². The van der Waals surface area contributed by atoms with Gasteiger partial charge in [0.25, 0.3) is 0 Å². The van der Waals surface area contributed by atoms with Crippen molar-refractivity contribution >= 4 is 22.4 Å². The largest absolute Gasteiger partial charge is 0.226 e. The Labute approximate surface area is 213 Å². The molecule has 36 heavy (non-hydrogen) atoms. The molecule has 3 aromatic carbocycles. The minimum Gasteiger partial charge on any atom is -0.226 e. The molecule has 0 bridgehead atoms. The summed E-state index contributed by atoms with van der Waals surface area (Å²) < 4.78 is 1.90. The van der Waals surface area contributed by atoms with Crippen molar-refractivity contribution in [3.63, 3.8) is 0 Å². The van der Waals surface area contributed by atoms with Crippen LogP contribution in [-0.2, 0) is 0 Å². The second-order valence-electron chi connectivity index (χ2n) is 8.83. The minimum atomic E-state index is 0.565. The van der Waals surface area contributed by atoms with Gasteiger partial charge in [-0.05, 0) is 37.4 Å². The standard InChI is InChI=1S/C31H22N4S/c1-20-10-14-22(15-11-20)29-25(19-32)27(26-9-6-18-36-26)28-30(23-16-12-21(2)13-17-23)34-35(31(28)33-29)24-7-4-3-5-8-24/h3-18H,1-2H3. The van der Waals surface area contributed by atoms with E-state index in [1.807, 2.05) is 58.6 Å². The Kier molecular flexibility index (Phi) is 5.44. The smallest absolute Gasteiger partial charge is 0.164 e. The topological polar surface area (TPSA) is 54.5 Å². The first kappa shape index (κ1) is 22.0. The van der Waals surface area contributed by atoms with E-state index in [1.165, 1.54) is 5.56 Å². The normalized spacial score (nSPS) is 11.0. The Morgan fingerprint density at radius 2 is 1.39 bits per heavy atom. The first-order valence-corrected chi connectivity index (χ1v) is 12.6. The summed E-state index contributed by atoms with van der Waals surface area (Å²) in [5.41, 5.74) is 8.83. The molecule has 4 nitrogen and oxygen atoms in total. The number of rotatable bonds is 4. The van der Waals surface area contributed by atoms with E-state index in [9.17, 15) is 5.26 Å². The molecule has 0 spiro atoms. The molecule has 0 saturated carbocycles. The maximum Gasteiger partial charge on any atom is 0.164 e. The van der Waals surface area contributed by atoms with Gasteiger partial charge in [0.2, 0.25) is 0 Å². The highest BCUT2D eigenvalue weighted by molar-refractivity contribution is 7.13. The van der Waals surface area contributed by atoms with Gasteiger partial charge in [0, 0.05) is 21.6 Å². The summed E-state index contributed by atoms with van der Waals surface area (Å²) in [6.07, 6.45) is 0. The molecule has 0 aliphatic carbocycles. The zero-order valence-electron chi connectivity index (χ0n) is 19.9. The van der Waals surface area contributed by atoms with Gasteiger partial charge >= 0.3 is 0 Å². The van der Waals surface area contributed by atoms with Crippen molar-refractivity contribution in [3.05, 3.63) is 113 Å². The number of para-hydroxylation sites is 1. The van der Waals surface area contributed by atoms with Crippen LogP contribution in [0, 0.1) is 25.2 Å². The number of fused-ring (bicyclic) bond motifs is 1. The van der Waals surface area contributed by atoms with E-state index in [2.05, 4.69) is 62.4 Å². The van der Waals surface area contributed by atoms with Gasteiger partial charge in [0.15, 0.2) is 5.65 Å². The Hall–Kier alpha value is -4.53. The van der Waals surface area contributed by atoms with Crippen molar-refractivity contribution in [2.45, 2.75) is 13.8 Å². The second-order valence-corrected chi connectivity index (χ2v) is 9.77. The molecule has 0 N–H and O–H groups in total. The van der Waals surface area contributed by atoms with Gasteiger partial charge in [-0.3, -0.25) is 0 Å². The molecule has 5 heteroatoms. The van der Waals surface area contributed by atoms with E-state index in [1.54, 1.807) is 11.3 Å². The highest BCUT2D eigenvalue weighted by atomic mass is 32.1. The van der Waals surface area contributed by atoms with Crippen molar-refractivity contribution in [2.75, 3.05) is 0 Å². The number of hydrogen-bond donors (Lipinski definition) is 0. The summed E-state index contributed by atoms with van der Waals surface area (Å²) >= 11 is 1.62. The Balaban J connectivity index is 1.79. The highest BCUT2D eigenvalue weighted by Gasteiger charge is 2.26. The monoisotopic (exact) mass is 482 g/mol. The Bertz CT molecular complexity index is 1720. The van der Waals surface area contributed by atoms with Gasteiger partial charge in [0.05, 0.1) is 22.3 Å². The van der Waals surface area contributed by atoms with E-state index in [0.29, 0.717) is 11.3 Å². The molecule has 0 fully saturated rings. The van der Waals surface area contributed by atoms with Crippen LogP contribution >= 0.6 is 11.3 Å². The van der Waals surface area contributed by atoms with Gasteiger partial charge in [-0.15, -0.1) is 11.3 Å². The molecule has 3 heterocycles. The van der Waals surface area contributed by atoms with Crippen molar-refractivity contribution in [3.8, 4) is 44.7 Å². The van der Waals surface area contributed by atoms with Crippen molar-refractivity contribution in [1.82, 2.24) is 14.8 Å². The van der Waals surface area contributed by atoms with Crippen LogP contribution in [0.4, 0.5) is 0 Å². The molecule has 0 aliphatic heterocycles. The highest BCUT2D eigenvalue weighted by Crippen LogP contribution is 2.43. The Morgan fingerprint density at radius 1 is 0.750 bits per heavy atom. The number of nitrogens with zero attached hydrogens (tertiary/aromatic N) is 4. The fraction of sp³-hybridized carbons (Fsp3) is 0.0645. The maximum atomic E-state index is 10.5. The van der Waals surface area contributed by atoms with Crippen LogP contribution in [0.25, 0.3) is 49.7 Å². The Morgan fingerprint density at radius 3 is 1.97 bits per heavy atom. The molecule has 0 radical (unpaired) electrons. The number of benzene rings is 3. The molecule has 6 rings (SSSR count). The predicted octanol–water partition coefficient (Wildman–Crippen LogP) is 7.97. The van der Waals surface area contributed by atoms with E-state index < -0.39 is 0 Å². The molecule has 0 saturated heterocycles. The van der Waals surface area contributed by atoms with E-state index in [0.717, 1.165) is 49.5 Å². The summed E-state index contributed by atoms with van der Waals surface area (Å²) in [4.78, 5) is 6.16. The third kappa shape index (κ3) is 3.69. The molecule has 0 unspecified atom stereocenters. The molecule has 172 valence electrons. The zero-order valence-corrected chi connectivity index (χ0v) is 20.8. The van der Waals surface area contributed by atoms with Gasteiger partial charge in [-0.25, -0.2) is 9.67 Å². The molecule has 0 aliphatic rings. The van der Waals surface area contributed by atoms with E-state index in [-0.39, 0.29) is 0 Å². The van der Waals surface area contributed by atoms with Crippen LogP contribution in [0.3, 0.4) is 0 Å². The lowest BCUT2D eigenvalue weighted by molar-refractivity contribution is 0.901. The van der Waals surface area contributed by atoms with Crippen molar-refractivity contribution in [2.24, 2.45) is 0 Å². The minimum absolute atomic E-state index is 0.565.